The first-order chi connectivity index (χ1) is 15.5. The van der Waals surface area contributed by atoms with E-state index in [9.17, 15) is 14.4 Å². The molecular weight excluding hydrogens is 407 g/mol. The number of benzene rings is 3. The first-order valence-electron chi connectivity index (χ1n) is 10.1. The quantitative estimate of drug-likeness (QED) is 0.385. The van der Waals surface area contributed by atoms with Crippen molar-refractivity contribution in [3.63, 3.8) is 0 Å². The van der Waals surface area contributed by atoms with E-state index in [1.165, 1.54) is 19.3 Å². The zero-order valence-electron chi connectivity index (χ0n) is 17.9. The van der Waals surface area contributed by atoms with Gasteiger partial charge in [0, 0.05) is 12.1 Å². The van der Waals surface area contributed by atoms with E-state index in [0.29, 0.717) is 41.3 Å². The van der Waals surface area contributed by atoms with Crippen LogP contribution in [0.1, 0.15) is 23.6 Å². The Labute approximate surface area is 186 Å². The largest absolute Gasteiger partial charge is 0.496 e. The minimum Gasteiger partial charge on any atom is -0.496 e. The molecule has 0 unspecified atom stereocenters. The van der Waals surface area contributed by atoms with Crippen molar-refractivity contribution in [3.05, 3.63) is 94.8 Å². The van der Waals surface area contributed by atoms with Crippen molar-refractivity contribution < 1.29 is 18.7 Å². The van der Waals surface area contributed by atoms with Crippen LogP contribution >= 0.6 is 0 Å². The second-order valence-electron chi connectivity index (χ2n) is 6.92. The van der Waals surface area contributed by atoms with E-state index < -0.39 is 5.91 Å². The van der Waals surface area contributed by atoms with E-state index in [0.717, 1.165) is 5.56 Å². The molecule has 0 aliphatic heterocycles. The van der Waals surface area contributed by atoms with Gasteiger partial charge in [-0.1, -0.05) is 30.3 Å². The van der Waals surface area contributed by atoms with Gasteiger partial charge in [-0.05, 0) is 66.1 Å². The summed E-state index contributed by atoms with van der Waals surface area (Å²) in [5.41, 5.74) is 2.48. The fraction of sp³-hybridized carbons (Fsp3) is 0.154. The third kappa shape index (κ3) is 5.73. The molecule has 0 spiro atoms. The minimum absolute atomic E-state index is 0.0530. The number of anilines is 1. The average molecular weight is 430 g/mol. The number of nitrogens with one attached hydrogen (secondary N) is 1. The molecule has 0 atom stereocenters. The first-order valence-corrected chi connectivity index (χ1v) is 10.1. The van der Waals surface area contributed by atoms with E-state index in [1.54, 1.807) is 60.7 Å². The molecule has 0 saturated carbocycles. The Balaban J connectivity index is 1.78. The van der Waals surface area contributed by atoms with Crippen molar-refractivity contribution in [1.82, 2.24) is 0 Å². The number of rotatable bonds is 8. The summed E-state index contributed by atoms with van der Waals surface area (Å²) in [5.74, 6) is 0.442. The monoisotopic (exact) mass is 430 g/mol. The fourth-order valence-corrected chi connectivity index (χ4v) is 3.16. The number of ether oxygens (including phenoxy) is 2. The summed E-state index contributed by atoms with van der Waals surface area (Å²) >= 11 is 0. The number of nitrogens with zero attached hydrogens (tertiary/aromatic N) is 1. The van der Waals surface area contributed by atoms with E-state index >= 15 is 0 Å². The van der Waals surface area contributed by atoms with Crippen LogP contribution in [0, 0.1) is 17.1 Å². The lowest BCUT2D eigenvalue weighted by Gasteiger charge is -2.11. The van der Waals surface area contributed by atoms with Crippen molar-refractivity contribution in [2.45, 2.75) is 13.3 Å². The van der Waals surface area contributed by atoms with Gasteiger partial charge in [-0.2, -0.15) is 5.26 Å². The van der Waals surface area contributed by atoms with E-state index in [4.69, 9.17) is 9.47 Å². The first kappa shape index (κ1) is 22.6. The lowest BCUT2D eigenvalue weighted by atomic mass is 10.0. The van der Waals surface area contributed by atoms with Crippen LogP contribution in [0.4, 0.5) is 10.1 Å². The molecule has 5 nitrogen and oxygen atoms in total. The summed E-state index contributed by atoms with van der Waals surface area (Å²) < 4.78 is 24.8. The Hall–Kier alpha value is -4.11. The second kappa shape index (κ2) is 10.8. The van der Waals surface area contributed by atoms with Gasteiger partial charge in [0.15, 0.2) is 0 Å². The highest BCUT2D eigenvalue weighted by Gasteiger charge is 2.12. The standard InChI is InChI=1S/C26H23FN2O3/c1-3-32-23-12-10-22(11-13-23)29-26(30)21(17-28)14-18-8-9-20(25(15-18)31-2)16-19-6-4-5-7-24(19)27/h4-15H,3,16H2,1-2H3,(H,29,30)/b21-14+. The smallest absolute Gasteiger partial charge is 0.266 e. The molecule has 0 saturated heterocycles. The highest BCUT2D eigenvalue weighted by Crippen LogP contribution is 2.25. The lowest BCUT2D eigenvalue weighted by Crippen LogP contribution is -2.13. The van der Waals surface area contributed by atoms with Crippen molar-refractivity contribution in [2.24, 2.45) is 0 Å². The Bertz CT molecular complexity index is 1160. The molecule has 32 heavy (non-hydrogen) atoms. The van der Waals surface area contributed by atoms with Gasteiger partial charge < -0.3 is 14.8 Å². The molecule has 3 aromatic rings. The third-order valence-electron chi connectivity index (χ3n) is 4.75. The van der Waals surface area contributed by atoms with Gasteiger partial charge in [-0.3, -0.25) is 4.79 Å². The Morgan fingerprint density at radius 1 is 1.09 bits per heavy atom. The van der Waals surface area contributed by atoms with Crippen molar-refractivity contribution in [3.8, 4) is 17.6 Å². The molecule has 0 fully saturated rings. The molecule has 3 aromatic carbocycles. The topological polar surface area (TPSA) is 71.3 Å². The second-order valence-corrected chi connectivity index (χ2v) is 6.92. The van der Waals surface area contributed by atoms with Gasteiger partial charge in [-0.25, -0.2) is 4.39 Å². The number of methoxy groups -OCH3 is 1. The van der Waals surface area contributed by atoms with Crippen LogP contribution in [0.2, 0.25) is 0 Å². The SMILES string of the molecule is CCOc1ccc(NC(=O)/C(C#N)=C/c2ccc(Cc3ccccc3F)c(OC)c2)cc1. The molecule has 162 valence electrons. The van der Waals surface area contributed by atoms with E-state index in [-0.39, 0.29) is 11.4 Å². The average Bonchev–Trinajstić information content (AvgIpc) is 2.81. The molecule has 3 rings (SSSR count). The number of hydrogen-bond acceptors (Lipinski definition) is 4. The number of amides is 1. The van der Waals surface area contributed by atoms with Crippen LogP contribution in [-0.4, -0.2) is 19.6 Å². The molecule has 0 bridgehead atoms. The van der Waals surface area contributed by atoms with Crippen LogP contribution in [0.3, 0.4) is 0 Å². The molecule has 0 aliphatic carbocycles. The summed E-state index contributed by atoms with van der Waals surface area (Å²) in [7, 11) is 1.53. The maximum absolute atomic E-state index is 14.0. The van der Waals surface area contributed by atoms with Gasteiger partial charge in [-0.15, -0.1) is 0 Å². The van der Waals surface area contributed by atoms with Gasteiger partial charge in [0.25, 0.3) is 5.91 Å². The molecule has 1 N–H and O–H groups in total. The predicted octanol–water partition coefficient (Wildman–Crippen LogP) is 5.37. The Morgan fingerprint density at radius 2 is 1.84 bits per heavy atom. The fourth-order valence-electron chi connectivity index (χ4n) is 3.16. The number of hydrogen-bond donors (Lipinski definition) is 1. The minimum atomic E-state index is -0.522. The number of carbonyl (C=O) groups is 1. The third-order valence-corrected chi connectivity index (χ3v) is 4.75. The van der Waals surface area contributed by atoms with Crippen LogP contribution in [0.25, 0.3) is 6.08 Å². The molecule has 0 aromatic heterocycles. The van der Waals surface area contributed by atoms with Gasteiger partial charge in [0.2, 0.25) is 0 Å². The van der Waals surface area contributed by atoms with Crippen LogP contribution in [0.15, 0.2) is 72.3 Å². The zero-order chi connectivity index (χ0) is 22.9. The summed E-state index contributed by atoms with van der Waals surface area (Å²) in [6.45, 7) is 2.44. The molecule has 6 heteroatoms. The summed E-state index contributed by atoms with van der Waals surface area (Å²) in [6, 6.07) is 20.7. The highest BCUT2D eigenvalue weighted by molar-refractivity contribution is 6.09. The molecule has 0 heterocycles. The van der Waals surface area contributed by atoms with E-state index in [2.05, 4.69) is 5.32 Å². The number of halogens is 1. The van der Waals surface area contributed by atoms with Gasteiger partial charge in [0.1, 0.15) is 29.0 Å². The lowest BCUT2D eigenvalue weighted by molar-refractivity contribution is -0.112. The van der Waals surface area contributed by atoms with Crippen LogP contribution in [0.5, 0.6) is 11.5 Å². The summed E-state index contributed by atoms with van der Waals surface area (Å²) in [5, 5.41) is 12.2. The van der Waals surface area contributed by atoms with Crippen LogP contribution in [-0.2, 0) is 11.2 Å². The summed E-state index contributed by atoms with van der Waals surface area (Å²) in [4.78, 5) is 12.6. The van der Waals surface area contributed by atoms with Gasteiger partial charge >= 0.3 is 0 Å². The number of carbonyl (C=O) groups excluding carboxylic acids is 1. The maximum Gasteiger partial charge on any atom is 0.266 e. The zero-order valence-corrected chi connectivity index (χ0v) is 17.9. The van der Waals surface area contributed by atoms with E-state index in [1.807, 2.05) is 13.0 Å². The molecule has 0 aliphatic rings. The maximum atomic E-state index is 14.0. The summed E-state index contributed by atoms with van der Waals surface area (Å²) in [6.07, 6.45) is 1.85. The van der Waals surface area contributed by atoms with Crippen LogP contribution < -0.4 is 14.8 Å². The molecular formula is C26H23FN2O3. The Kier molecular flexibility index (Phi) is 7.60. The molecule has 1 amide bonds. The molecule has 0 radical (unpaired) electrons. The normalized spacial score (nSPS) is 10.9. The Morgan fingerprint density at radius 3 is 2.50 bits per heavy atom. The number of nitriles is 1. The predicted molar refractivity (Wildman–Crippen MR) is 122 cm³/mol. The highest BCUT2D eigenvalue weighted by atomic mass is 19.1. The van der Waals surface area contributed by atoms with Gasteiger partial charge in [0.05, 0.1) is 13.7 Å². The van der Waals surface area contributed by atoms with Crippen molar-refractivity contribution >= 4 is 17.7 Å². The van der Waals surface area contributed by atoms with Crippen molar-refractivity contribution in [2.75, 3.05) is 19.0 Å². The van der Waals surface area contributed by atoms with Crippen molar-refractivity contribution in [1.29, 1.82) is 5.26 Å².